The highest BCUT2D eigenvalue weighted by atomic mass is 32.1. The largest absolute Gasteiger partial charge is 0.477 e. The van der Waals surface area contributed by atoms with Gasteiger partial charge in [0.2, 0.25) is 11.8 Å². The third kappa shape index (κ3) is 8.19. The summed E-state index contributed by atoms with van der Waals surface area (Å²) >= 11 is 1.06. The van der Waals surface area contributed by atoms with E-state index in [2.05, 4.69) is 25.7 Å². The normalized spacial score (nSPS) is 16.4. The molecule has 2 rings (SSSR count). The Morgan fingerprint density at radius 2 is 1.94 bits per heavy atom. The van der Waals surface area contributed by atoms with Crippen molar-refractivity contribution >= 4 is 34.8 Å². The van der Waals surface area contributed by atoms with Crippen molar-refractivity contribution < 1.29 is 19.5 Å². The average Bonchev–Trinajstić information content (AvgIpc) is 3.31. The SMILES string of the molecule is CC.CCCC(C)CCC(=O)N(c1cc(C#CC(C)(C)C)sc1C(=O)O)C1CCN(C)C1=O. The molecule has 2 heterocycles. The second-order valence-corrected chi connectivity index (χ2v) is 10.4. The van der Waals surface area contributed by atoms with Gasteiger partial charge >= 0.3 is 5.97 Å². The van der Waals surface area contributed by atoms with Gasteiger partial charge in [-0.2, -0.15) is 0 Å². The van der Waals surface area contributed by atoms with Gasteiger partial charge in [-0.15, -0.1) is 11.3 Å². The number of thiophene rings is 1. The number of anilines is 1. The summed E-state index contributed by atoms with van der Waals surface area (Å²) in [5.41, 5.74) is 0.0558. The molecule has 1 aliphatic rings. The Balaban J connectivity index is 0.00000265. The van der Waals surface area contributed by atoms with Crippen molar-refractivity contribution in [1.29, 1.82) is 0 Å². The van der Waals surface area contributed by atoms with Crippen molar-refractivity contribution in [2.24, 2.45) is 11.3 Å². The number of carboxylic acids is 1. The van der Waals surface area contributed by atoms with E-state index in [0.29, 0.717) is 30.2 Å². The zero-order valence-electron chi connectivity index (χ0n) is 21.4. The minimum absolute atomic E-state index is 0.0514. The van der Waals surface area contributed by atoms with Gasteiger partial charge in [-0.3, -0.25) is 14.5 Å². The van der Waals surface area contributed by atoms with Crippen molar-refractivity contribution in [2.75, 3.05) is 18.5 Å². The number of amides is 2. The maximum absolute atomic E-state index is 13.3. The molecule has 1 aromatic heterocycles. The number of carbonyl (C=O) groups excluding carboxylic acids is 2. The molecule has 0 spiro atoms. The van der Waals surface area contributed by atoms with Crippen LogP contribution in [0.4, 0.5) is 5.69 Å². The highest BCUT2D eigenvalue weighted by Gasteiger charge is 2.39. The highest BCUT2D eigenvalue weighted by Crippen LogP contribution is 2.35. The van der Waals surface area contributed by atoms with E-state index in [9.17, 15) is 19.5 Å². The Morgan fingerprint density at radius 1 is 1.30 bits per heavy atom. The molecule has 0 aliphatic carbocycles. The molecule has 0 saturated carbocycles. The zero-order valence-corrected chi connectivity index (χ0v) is 22.3. The van der Waals surface area contributed by atoms with Crippen molar-refractivity contribution in [2.45, 2.75) is 86.6 Å². The fourth-order valence-corrected chi connectivity index (χ4v) is 4.51. The Kier molecular flexibility index (Phi) is 11.1. The number of likely N-dealkylation sites (N-methyl/N-ethyl adjacent to an activating group) is 1. The molecule has 33 heavy (non-hydrogen) atoms. The van der Waals surface area contributed by atoms with Gasteiger partial charge in [-0.05, 0) is 45.6 Å². The molecule has 1 saturated heterocycles. The van der Waals surface area contributed by atoms with Crippen LogP contribution in [0.25, 0.3) is 0 Å². The second-order valence-electron chi connectivity index (χ2n) is 9.39. The Labute approximate surface area is 203 Å². The van der Waals surface area contributed by atoms with Gasteiger partial charge < -0.3 is 10.0 Å². The first-order chi connectivity index (χ1) is 15.4. The van der Waals surface area contributed by atoms with Crippen LogP contribution in [-0.4, -0.2) is 47.4 Å². The van der Waals surface area contributed by atoms with Crippen LogP contribution < -0.4 is 4.90 Å². The van der Waals surface area contributed by atoms with Gasteiger partial charge in [0.15, 0.2) is 0 Å². The van der Waals surface area contributed by atoms with E-state index in [1.807, 2.05) is 34.6 Å². The maximum Gasteiger partial charge on any atom is 0.348 e. The Bertz CT molecular complexity index is 888. The number of aromatic carboxylic acids is 1. The quantitative estimate of drug-likeness (QED) is 0.492. The smallest absolute Gasteiger partial charge is 0.348 e. The summed E-state index contributed by atoms with van der Waals surface area (Å²) in [5.74, 6) is 5.09. The van der Waals surface area contributed by atoms with E-state index in [1.165, 1.54) is 4.90 Å². The molecule has 1 N–H and O–H groups in total. The van der Waals surface area contributed by atoms with Crippen LogP contribution in [0.5, 0.6) is 0 Å². The van der Waals surface area contributed by atoms with Crippen LogP contribution in [0.2, 0.25) is 0 Å². The molecule has 1 aliphatic heterocycles. The number of carbonyl (C=O) groups is 3. The third-order valence-corrected chi connectivity index (χ3v) is 6.37. The standard InChI is InChI=1S/C24H34N2O4S.C2H6/c1-7-8-16(2)9-10-20(27)26(18-12-14-25(6)22(18)28)19-15-17(11-13-24(3,4)5)31-21(19)23(29)30;1-2/h15-16,18H,7-10,12,14H2,1-6H3,(H,29,30);1-2H3. The van der Waals surface area contributed by atoms with Crippen molar-refractivity contribution in [3.8, 4) is 11.8 Å². The molecular formula is C26H40N2O4S. The minimum atomic E-state index is -1.11. The summed E-state index contributed by atoms with van der Waals surface area (Å²) in [7, 11) is 1.71. The van der Waals surface area contributed by atoms with Crippen LogP contribution >= 0.6 is 11.3 Å². The molecule has 0 bridgehead atoms. The minimum Gasteiger partial charge on any atom is -0.477 e. The maximum atomic E-state index is 13.3. The predicted octanol–water partition coefficient (Wildman–Crippen LogP) is 5.65. The van der Waals surface area contributed by atoms with Gasteiger partial charge in [-0.1, -0.05) is 52.4 Å². The molecule has 2 unspecified atom stereocenters. The van der Waals surface area contributed by atoms with Crippen LogP contribution in [0.1, 0.15) is 95.1 Å². The van der Waals surface area contributed by atoms with E-state index in [1.54, 1.807) is 18.0 Å². The molecule has 1 aromatic rings. The van der Waals surface area contributed by atoms with Gasteiger partial charge in [0.1, 0.15) is 10.9 Å². The third-order valence-electron chi connectivity index (χ3n) is 5.34. The predicted molar refractivity (Wildman–Crippen MR) is 136 cm³/mol. The first kappa shape index (κ1) is 28.7. The molecule has 184 valence electrons. The number of hydrogen-bond donors (Lipinski definition) is 1. The summed E-state index contributed by atoms with van der Waals surface area (Å²) in [6.45, 7) is 14.7. The molecule has 7 heteroatoms. The van der Waals surface area contributed by atoms with E-state index in [-0.39, 0.29) is 34.2 Å². The second kappa shape index (κ2) is 12.8. The fourth-order valence-electron chi connectivity index (χ4n) is 3.67. The number of hydrogen-bond acceptors (Lipinski definition) is 4. The lowest BCUT2D eigenvalue weighted by Gasteiger charge is -2.28. The van der Waals surface area contributed by atoms with Gasteiger partial charge in [-0.25, -0.2) is 4.79 Å². The van der Waals surface area contributed by atoms with Crippen molar-refractivity contribution in [1.82, 2.24) is 4.90 Å². The molecule has 2 atom stereocenters. The fraction of sp³-hybridized carbons (Fsp3) is 0.654. The zero-order chi connectivity index (χ0) is 25.3. The van der Waals surface area contributed by atoms with Gasteiger partial charge in [0.25, 0.3) is 0 Å². The van der Waals surface area contributed by atoms with Gasteiger partial charge in [0, 0.05) is 25.4 Å². The van der Waals surface area contributed by atoms with E-state index in [4.69, 9.17) is 0 Å². The average molecular weight is 477 g/mol. The molecule has 6 nitrogen and oxygen atoms in total. The number of nitrogens with zero attached hydrogens (tertiary/aromatic N) is 2. The molecule has 0 radical (unpaired) electrons. The Morgan fingerprint density at radius 3 is 2.42 bits per heavy atom. The van der Waals surface area contributed by atoms with Crippen LogP contribution in [0.3, 0.4) is 0 Å². The molecular weight excluding hydrogens is 436 g/mol. The van der Waals surface area contributed by atoms with Crippen LogP contribution in [-0.2, 0) is 9.59 Å². The van der Waals surface area contributed by atoms with Crippen LogP contribution in [0.15, 0.2) is 6.07 Å². The van der Waals surface area contributed by atoms with Crippen LogP contribution in [0, 0.1) is 23.2 Å². The summed E-state index contributed by atoms with van der Waals surface area (Å²) in [5, 5.41) is 9.82. The Hall–Kier alpha value is -2.33. The summed E-state index contributed by atoms with van der Waals surface area (Å²) in [6, 6.07) is 0.987. The summed E-state index contributed by atoms with van der Waals surface area (Å²) in [4.78, 5) is 41.8. The summed E-state index contributed by atoms with van der Waals surface area (Å²) in [6.07, 6.45) is 3.57. The molecule has 0 aromatic carbocycles. The van der Waals surface area contributed by atoms with E-state index in [0.717, 1.165) is 24.2 Å². The molecule has 2 amide bonds. The first-order valence-electron chi connectivity index (χ1n) is 11.9. The number of carboxylic acid groups (broad SMARTS) is 1. The lowest BCUT2D eigenvalue weighted by atomic mass is 9.98. The number of likely N-dealkylation sites (tertiary alicyclic amines) is 1. The van der Waals surface area contributed by atoms with E-state index >= 15 is 0 Å². The van der Waals surface area contributed by atoms with Gasteiger partial charge in [0.05, 0.1) is 10.6 Å². The number of rotatable bonds is 8. The monoisotopic (exact) mass is 476 g/mol. The van der Waals surface area contributed by atoms with Crippen molar-refractivity contribution in [3.63, 3.8) is 0 Å². The van der Waals surface area contributed by atoms with Crippen molar-refractivity contribution in [3.05, 3.63) is 15.8 Å². The summed E-state index contributed by atoms with van der Waals surface area (Å²) < 4.78 is 0. The highest BCUT2D eigenvalue weighted by molar-refractivity contribution is 7.15. The first-order valence-corrected chi connectivity index (χ1v) is 12.7. The lowest BCUT2D eigenvalue weighted by Crippen LogP contribution is -2.45. The molecule has 1 fully saturated rings. The van der Waals surface area contributed by atoms with E-state index < -0.39 is 12.0 Å². The topological polar surface area (TPSA) is 77.9 Å². The lowest BCUT2D eigenvalue weighted by molar-refractivity contribution is -0.130.